The Hall–Kier alpha value is -4.11. The van der Waals surface area contributed by atoms with Gasteiger partial charge in [-0.05, 0) is 61.0 Å². The molecule has 3 rings (SSSR count). The van der Waals surface area contributed by atoms with E-state index < -0.39 is 0 Å². The number of nitrogens with one attached hydrogen (secondary N) is 1. The molecule has 0 bridgehead atoms. The van der Waals surface area contributed by atoms with Gasteiger partial charge in [-0.2, -0.15) is 5.26 Å². The van der Waals surface area contributed by atoms with E-state index in [1.165, 1.54) is 6.92 Å². The smallest absolute Gasteiger partial charge is 0.262 e. The summed E-state index contributed by atoms with van der Waals surface area (Å²) in [6.45, 7) is 1.64. The van der Waals surface area contributed by atoms with Crippen molar-refractivity contribution in [1.82, 2.24) is 0 Å². The average Bonchev–Trinajstić information content (AvgIpc) is 2.77. The molecule has 0 unspecified atom stereocenters. The number of nitrogens with zero attached hydrogens (tertiary/aromatic N) is 1. The Labute approximate surface area is 174 Å². The number of anilines is 1. The van der Waals surface area contributed by atoms with Crippen molar-refractivity contribution in [2.45, 2.75) is 13.5 Å². The maximum Gasteiger partial charge on any atom is 0.262 e. The van der Waals surface area contributed by atoms with Crippen molar-refractivity contribution in [2.24, 2.45) is 0 Å². The molecule has 150 valence electrons. The van der Waals surface area contributed by atoms with Gasteiger partial charge < -0.3 is 14.8 Å². The lowest BCUT2D eigenvalue weighted by atomic mass is 10.1. The highest BCUT2D eigenvalue weighted by Gasteiger charge is 2.06. The molecular weight excluding hydrogens is 380 g/mol. The Morgan fingerprint density at radius 3 is 2.43 bits per heavy atom. The number of benzene rings is 3. The Balaban J connectivity index is 1.52. The minimum Gasteiger partial charge on any atom is -0.489 e. The van der Waals surface area contributed by atoms with Crippen LogP contribution in [0.5, 0.6) is 11.5 Å². The molecule has 0 heterocycles. The SMILES string of the molecule is CC(=O)c1ccc(OCC(=O)Nc2cccc(OCc3cccc(C#N)c3)c2)cc1. The van der Waals surface area contributed by atoms with Crippen LogP contribution in [-0.4, -0.2) is 18.3 Å². The number of nitriles is 1. The first-order valence-corrected chi connectivity index (χ1v) is 9.29. The number of amides is 1. The molecule has 0 radical (unpaired) electrons. The van der Waals surface area contributed by atoms with Crippen molar-refractivity contribution in [2.75, 3.05) is 11.9 Å². The minimum absolute atomic E-state index is 0.0286. The molecule has 0 saturated heterocycles. The van der Waals surface area contributed by atoms with E-state index in [2.05, 4.69) is 11.4 Å². The van der Waals surface area contributed by atoms with Crippen molar-refractivity contribution in [3.8, 4) is 17.6 Å². The number of ketones is 1. The summed E-state index contributed by atoms with van der Waals surface area (Å²) >= 11 is 0. The Morgan fingerprint density at radius 1 is 0.933 bits per heavy atom. The first-order valence-electron chi connectivity index (χ1n) is 9.29. The maximum atomic E-state index is 12.2. The number of hydrogen-bond donors (Lipinski definition) is 1. The molecule has 0 atom stereocenters. The Kier molecular flexibility index (Phi) is 6.80. The molecule has 0 aliphatic heterocycles. The highest BCUT2D eigenvalue weighted by atomic mass is 16.5. The number of carbonyl (C=O) groups is 2. The fourth-order valence-electron chi connectivity index (χ4n) is 2.69. The molecular formula is C24H20N2O4. The molecule has 0 fully saturated rings. The molecule has 6 heteroatoms. The summed E-state index contributed by atoms with van der Waals surface area (Å²) < 4.78 is 11.2. The molecule has 0 saturated carbocycles. The van der Waals surface area contributed by atoms with Crippen molar-refractivity contribution in [1.29, 1.82) is 5.26 Å². The van der Waals surface area contributed by atoms with E-state index in [-0.39, 0.29) is 18.3 Å². The molecule has 0 spiro atoms. The van der Waals surface area contributed by atoms with Gasteiger partial charge in [-0.1, -0.05) is 18.2 Å². The lowest BCUT2D eigenvalue weighted by Crippen LogP contribution is -2.20. The quantitative estimate of drug-likeness (QED) is 0.568. The van der Waals surface area contributed by atoms with E-state index in [1.807, 2.05) is 12.1 Å². The van der Waals surface area contributed by atoms with Crippen LogP contribution in [0.3, 0.4) is 0 Å². The van der Waals surface area contributed by atoms with Gasteiger partial charge in [-0.25, -0.2) is 0 Å². The van der Waals surface area contributed by atoms with Crippen LogP contribution in [0.15, 0.2) is 72.8 Å². The highest BCUT2D eigenvalue weighted by molar-refractivity contribution is 5.94. The third-order valence-electron chi connectivity index (χ3n) is 4.21. The van der Waals surface area contributed by atoms with Crippen LogP contribution >= 0.6 is 0 Å². The van der Waals surface area contributed by atoms with Gasteiger partial charge in [-0.3, -0.25) is 9.59 Å². The molecule has 1 amide bonds. The molecule has 6 nitrogen and oxygen atoms in total. The standard InChI is InChI=1S/C24H20N2O4/c1-17(27)20-8-10-22(11-9-20)30-16-24(28)26-21-6-3-7-23(13-21)29-15-19-5-2-4-18(12-19)14-25/h2-13H,15-16H2,1H3,(H,26,28). The Bertz CT molecular complexity index is 1080. The number of hydrogen-bond acceptors (Lipinski definition) is 5. The second-order valence-electron chi connectivity index (χ2n) is 6.55. The van der Waals surface area contributed by atoms with Crippen LogP contribution < -0.4 is 14.8 Å². The third kappa shape index (κ3) is 5.94. The van der Waals surface area contributed by atoms with E-state index in [0.29, 0.717) is 34.9 Å². The zero-order valence-electron chi connectivity index (χ0n) is 16.4. The fourth-order valence-corrected chi connectivity index (χ4v) is 2.69. The topological polar surface area (TPSA) is 88.4 Å². The van der Waals surface area contributed by atoms with E-state index in [4.69, 9.17) is 14.7 Å². The van der Waals surface area contributed by atoms with Crippen LogP contribution in [-0.2, 0) is 11.4 Å². The largest absolute Gasteiger partial charge is 0.489 e. The summed E-state index contributed by atoms with van der Waals surface area (Å²) in [6.07, 6.45) is 0. The molecule has 3 aromatic rings. The second-order valence-corrected chi connectivity index (χ2v) is 6.55. The zero-order chi connectivity index (χ0) is 21.3. The van der Waals surface area contributed by atoms with Crippen molar-refractivity contribution < 1.29 is 19.1 Å². The van der Waals surface area contributed by atoms with E-state index in [0.717, 1.165) is 5.56 Å². The van der Waals surface area contributed by atoms with E-state index in [9.17, 15) is 9.59 Å². The molecule has 30 heavy (non-hydrogen) atoms. The summed E-state index contributed by atoms with van der Waals surface area (Å²) in [5, 5.41) is 11.7. The van der Waals surface area contributed by atoms with Gasteiger partial charge in [-0.15, -0.1) is 0 Å². The molecule has 1 N–H and O–H groups in total. The van der Waals surface area contributed by atoms with E-state index in [1.54, 1.807) is 60.7 Å². The predicted molar refractivity (Wildman–Crippen MR) is 113 cm³/mol. The van der Waals surface area contributed by atoms with Crippen molar-refractivity contribution in [3.63, 3.8) is 0 Å². The summed E-state index contributed by atoms with van der Waals surface area (Å²) in [4.78, 5) is 23.4. The van der Waals surface area contributed by atoms with Crippen molar-refractivity contribution >= 4 is 17.4 Å². The van der Waals surface area contributed by atoms with Gasteiger partial charge in [0.1, 0.15) is 18.1 Å². The summed E-state index contributed by atoms with van der Waals surface area (Å²) in [5.74, 6) is 0.756. The second kappa shape index (κ2) is 9.89. The lowest BCUT2D eigenvalue weighted by molar-refractivity contribution is -0.118. The highest BCUT2D eigenvalue weighted by Crippen LogP contribution is 2.19. The molecule has 0 aliphatic carbocycles. The first kappa shape index (κ1) is 20.6. The van der Waals surface area contributed by atoms with Gasteiger partial charge in [0.25, 0.3) is 5.91 Å². The summed E-state index contributed by atoms with van der Waals surface area (Å²) in [5.41, 5.74) is 2.63. The Morgan fingerprint density at radius 2 is 1.70 bits per heavy atom. The third-order valence-corrected chi connectivity index (χ3v) is 4.21. The molecule has 0 aromatic heterocycles. The minimum atomic E-state index is -0.315. The van der Waals surface area contributed by atoms with Gasteiger partial charge in [0, 0.05) is 17.3 Å². The number of ether oxygens (including phenoxy) is 2. The summed E-state index contributed by atoms with van der Waals surface area (Å²) in [6, 6.07) is 22.9. The normalized spacial score (nSPS) is 10.0. The van der Waals surface area contributed by atoms with Crippen LogP contribution in [0.2, 0.25) is 0 Å². The first-order chi connectivity index (χ1) is 14.5. The molecule has 3 aromatic carbocycles. The van der Waals surface area contributed by atoms with Crippen LogP contribution in [0.1, 0.15) is 28.4 Å². The molecule has 0 aliphatic rings. The maximum absolute atomic E-state index is 12.2. The lowest BCUT2D eigenvalue weighted by Gasteiger charge is -2.10. The van der Waals surface area contributed by atoms with Crippen LogP contribution in [0, 0.1) is 11.3 Å². The van der Waals surface area contributed by atoms with Crippen LogP contribution in [0.4, 0.5) is 5.69 Å². The van der Waals surface area contributed by atoms with Crippen LogP contribution in [0.25, 0.3) is 0 Å². The zero-order valence-corrected chi connectivity index (χ0v) is 16.4. The number of carbonyl (C=O) groups excluding carboxylic acids is 2. The van der Waals surface area contributed by atoms with E-state index >= 15 is 0 Å². The summed E-state index contributed by atoms with van der Waals surface area (Å²) in [7, 11) is 0. The van der Waals surface area contributed by atoms with Gasteiger partial charge in [0.05, 0.1) is 11.6 Å². The monoisotopic (exact) mass is 400 g/mol. The fraction of sp³-hybridized carbons (Fsp3) is 0.125. The number of rotatable bonds is 8. The van der Waals surface area contributed by atoms with Crippen molar-refractivity contribution in [3.05, 3.63) is 89.5 Å². The predicted octanol–water partition coefficient (Wildman–Crippen LogP) is 4.36. The number of Topliss-reactive ketones (excluding diaryl/α,β-unsaturated/α-hetero) is 1. The average molecular weight is 400 g/mol. The van der Waals surface area contributed by atoms with Gasteiger partial charge in [0.15, 0.2) is 12.4 Å². The van der Waals surface area contributed by atoms with Gasteiger partial charge >= 0.3 is 0 Å². The van der Waals surface area contributed by atoms with Gasteiger partial charge in [0.2, 0.25) is 0 Å².